The normalized spacial score (nSPS) is 15.4. The summed E-state index contributed by atoms with van der Waals surface area (Å²) in [4.78, 5) is 0. The van der Waals surface area contributed by atoms with Gasteiger partial charge in [-0.05, 0) is 39.3 Å². The van der Waals surface area contributed by atoms with Crippen molar-refractivity contribution >= 4 is 16.6 Å². The van der Waals surface area contributed by atoms with Crippen LogP contribution in [0.4, 0.5) is 0 Å². The molecule has 5 heteroatoms. The van der Waals surface area contributed by atoms with Crippen molar-refractivity contribution in [2.24, 2.45) is 0 Å². The zero-order valence-electron chi connectivity index (χ0n) is 11.2. The highest BCUT2D eigenvalue weighted by Crippen LogP contribution is 2.11. The van der Waals surface area contributed by atoms with Crippen LogP contribution in [0.25, 0.3) is 0 Å². The van der Waals surface area contributed by atoms with Crippen molar-refractivity contribution < 1.29 is 13.6 Å². The number of ether oxygens (including phenoxy) is 1. The maximum Gasteiger partial charge on any atom is 0.184 e. The maximum atomic E-state index is 5.98. The molecule has 0 saturated heterocycles. The molecular weight excluding hydrogens is 224 g/mol. The summed E-state index contributed by atoms with van der Waals surface area (Å²) >= 11 is 0. The van der Waals surface area contributed by atoms with E-state index in [4.69, 9.17) is 13.6 Å². The van der Waals surface area contributed by atoms with Crippen LogP contribution in [0, 0.1) is 0 Å². The molecule has 0 radical (unpaired) electrons. The Morgan fingerprint density at radius 3 is 1.73 bits per heavy atom. The van der Waals surface area contributed by atoms with Gasteiger partial charge in [0, 0.05) is 7.11 Å². The molecule has 3 nitrogen and oxygen atoms in total. The number of methoxy groups -OCH3 is 1. The van der Waals surface area contributed by atoms with Crippen molar-refractivity contribution in [2.75, 3.05) is 20.3 Å². The Labute approximate surface area is 96.4 Å². The van der Waals surface area contributed by atoms with E-state index in [2.05, 4.69) is 39.3 Å². The van der Waals surface area contributed by atoms with Crippen LogP contribution in [0.3, 0.4) is 0 Å². The van der Waals surface area contributed by atoms with Crippen LogP contribution in [0.1, 0.15) is 0 Å². The average Bonchev–Trinajstić information content (AvgIpc) is 1.96. The van der Waals surface area contributed by atoms with E-state index in [1.165, 1.54) is 0 Å². The van der Waals surface area contributed by atoms with Gasteiger partial charge in [-0.3, -0.25) is 0 Å². The van der Waals surface area contributed by atoms with E-state index in [0.717, 1.165) is 0 Å². The van der Waals surface area contributed by atoms with Crippen molar-refractivity contribution in [2.45, 2.75) is 45.4 Å². The fourth-order valence-electron chi connectivity index (χ4n) is 1.14. The van der Waals surface area contributed by atoms with Gasteiger partial charge in [-0.25, -0.2) is 0 Å². The molecular formula is C10H26O3Si2. The van der Waals surface area contributed by atoms with E-state index in [0.29, 0.717) is 13.2 Å². The minimum absolute atomic E-state index is 0.0911. The molecule has 0 saturated carbocycles. The Morgan fingerprint density at radius 2 is 1.40 bits per heavy atom. The van der Waals surface area contributed by atoms with Crippen LogP contribution in [-0.2, 0) is 13.6 Å². The summed E-state index contributed by atoms with van der Waals surface area (Å²) in [5.74, 6) is 0. The molecule has 0 amide bonds. The SMILES string of the molecule is COCC(CO[Si](C)(C)C)O[Si](C)(C)C. The smallest absolute Gasteiger partial charge is 0.184 e. The molecule has 0 rings (SSSR count). The van der Waals surface area contributed by atoms with Crippen LogP contribution in [0.2, 0.25) is 39.3 Å². The molecule has 0 bridgehead atoms. The molecule has 0 aliphatic heterocycles. The summed E-state index contributed by atoms with van der Waals surface area (Å²) in [7, 11) is -1.24. The molecule has 0 spiro atoms. The third-order valence-corrected chi connectivity index (χ3v) is 3.65. The Morgan fingerprint density at radius 1 is 0.867 bits per heavy atom. The van der Waals surface area contributed by atoms with Gasteiger partial charge in [0.05, 0.1) is 19.3 Å². The van der Waals surface area contributed by atoms with Crippen LogP contribution < -0.4 is 0 Å². The molecule has 92 valence electrons. The molecule has 0 aromatic carbocycles. The van der Waals surface area contributed by atoms with Gasteiger partial charge in [-0.15, -0.1) is 0 Å². The average molecular weight is 250 g/mol. The number of hydrogen-bond acceptors (Lipinski definition) is 3. The highest BCUT2D eigenvalue weighted by molar-refractivity contribution is 6.70. The lowest BCUT2D eigenvalue weighted by Crippen LogP contribution is -2.40. The first kappa shape index (κ1) is 15.3. The van der Waals surface area contributed by atoms with Crippen molar-refractivity contribution in [1.82, 2.24) is 0 Å². The zero-order valence-corrected chi connectivity index (χ0v) is 13.2. The molecule has 0 aromatic rings. The number of rotatable bonds is 7. The van der Waals surface area contributed by atoms with Crippen LogP contribution in [-0.4, -0.2) is 43.1 Å². The third kappa shape index (κ3) is 10.6. The maximum absolute atomic E-state index is 5.98. The molecule has 1 unspecified atom stereocenters. The molecule has 0 aromatic heterocycles. The van der Waals surface area contributed by atoms with Crippen molar-refractivity contribution in [3.8, 4) is 0 Å². The summed E-state index contributed by atoms with van der Waals surface area (Å²) in [5.41, 5.74) is 0. The molecule has 0 aliphatic carbocycles. The minimum atomic E-state index is -1.50. The predicted molar refractivity (Wildman–Crippen MR) is 69.4 cm³/mol. The Bertz CT molecular complexity index is 172. The van der Waals surface area contributed by atoms with Gasteiger partial charge in [-0.1, -0.05) is 0 Å². The van der Waals surface area contributed by atoms with Crippen molar-refractivity contribution in [3.63, 3.8) is 0 Å². The lowest BCUT2D eigenvalue weighted by atomic mass is 10.4. The standard InChI is InChI=1S/C10H26O3Si2/c1-11-8-10(13-15(5,6)7)9-12-14(2,3)4/h10H,8-9H2,1-7H3. The summed E-state index contributed by atoms with van der Waals surface area (Å²) in [6, 6.07) is 0. The van der Waals surface area contributed by atoms with Crippen LogP contribution in [0.15, 0.2) is 0 Å². The van der Waals surface area contributed by atoms with Crippen LogP contribution in [0.5, 0.6) is 0 Å². The van der Waals surface area contributed by atoms with E-state index in [1.54, 1.807) is 7.11 Å². The van der Waals surface area contributed by atoms with Gasteiger partial charge in [0.25, 0.3) is 0 Å². The minimum Gasteiger partial charge on any atom is -0.415 e. The molecule has 0 heterocycles. The third-order valence-electron chi connectivity index (χ3n) is 1.58. The topological polar surface area (TPSA) is 27.7 Å². The molecule has 15 heavy (non-hydrogen) atoms. The molecule has 1 atom stereocenters. The number of hydrogen-bond donors (Lipinski definition) is 0. The van der Waals surface area contributed by atoms with Gasteiger partial charge < -0.3 is 13.6 Å². The second kappa shape index (κ2) is 6.15. The van der Waals surface area contributed by atoms with Gasteiger partial charge >= 0.3 is 0 Å². The lowest BCUT2D eigenvalue weighted by Gasteiger charge is -2.28. The summed E-state index contributed by atoms with van der Waals surface area (Å²) in [5, 5.41) is 0. The quantitative estimate of drug-likeness (QED) is 0.650. The van der Waals surface area contributed by atoms with E-state index in [-0.39, 0.29) is 6.10 Å². The largest absolute Gasteiger partial charge is 0.415 e. The highest BCUT2D eigenvalue weighted by Gasteiger charge is 2.23. The van der Waals surface area contributed by atoms with Gasteiger partial charge in [0.15, 0.2) is 16.6 Å². The summed E-state index contributed by atoms with van der Waals surface area (Å²) in [6.45, 7) is 14.4. The first-order valence-electron chi connectivity index (χ1n) is 5.45. The van der Waals surface area contributed by atoms with Crippen molar-refractivity contribution in [1.29, 1.82) is 0 Å². The molecule has 0 aliphatic rings. The van der Waals surface area contributed by atoms with Gasteiger partial charge in [0.1, 0.15) is 0 Å². The first-order valence-corrected chi connectivity index (χ1v) is 12.3. The molecule has 0 fully saturated rings. The fraction of sp³-hybridized carbons (Fsp3) is 1.00. The van der Waals surface area contributed by atoms with E-state index < -0.39 is 16.6 Å². The predicted octanol–water partition coefficient (Wildman–Crippen LogP) is 2.70. The zero-order chi connectivity index (χ0) is 12.1. The first-order chi connectivity index (χ1) is 6.64. The Balaban J connectivity index is 4.05. The second-order valence-corrected chi connectivity index (χ2v) is 14.7. The van der Waals surface area contributed by atoms with Gasteiger partial charge in [-0.2, -0.15) is 0 Å². The molecule has 0 N–H and O–H groups in total. The Kier molecular flexibility index (Phi) is 6.28. The summed E-state index contributed by atoms with van der Waals surface area (Å²) < 4.78 is 17.0. The van der Waals surface area contributed by atoms with Crippen LogP contribution >= 0.6 is 0 Å². The highest BCUT2D eigenvalue weighted by atomic mass is 28.4. The Hall–Kier alpha value is 0.314. The van der Waals surface area contributed by atoms with E-state index >= 15 is 0 Å². The van der Waals surface area contributed by atoms with Gasteiger partial charge in [0.2, 0.25) is 0 Å². The monoisotopic (exact) mass is 250 g/mol. The van der Waals surface area contributed by atoms with E-state index in [9.17, 15) is 0 Å². The summed E-state index contributed by atoms with van der Waals surface area (Å²) in [6.07, 6.45) is 0.0911. The lowest BCUT2D eigenvalue weighted by molar-refractivity contribution is 0.0418. The van der Waals surface area contributed by atoms with Crippen molar-refractivity contribution in [3.05, 3.63) is 0 Å². The fourth-order valence-corrected chi connectivity index (χ4v) is 2.97. The van der Waals surface area contributed by atoms with E-state index in [1.807, 2.05) is 0 Å². The second-order valence-electron chi connectivity index (χ2n) is 5.73.